The molecule has 3 heteroatoms. The molecular weight excluding hydrogens is 336 g/mol. The lowest BCUT2D eigenvalue weighted by atomic mass is 9.71. The predicted molar refractivity (Wildman–Crippen MR) is 107 cm³/mol. The van der Waals surface area contributed by atoms with Crippen molar-refractivity contribution < 1.29 is 14.3 Å². The number of carbonyl (C=O) groups excluding carboxylic acids is 1. The highest BCUT2D eigenvalue weighted by Gasteiger charge is 2.46. The maximum atomic E-state index is 11.9. The van der Waals surface area contributed by atoms with Crippen molar-refractivity contribution in [3.63, 3.8) is 0 Å². The molecule has 142 valence electrons. The maximum Gasteiger partial charge on any atom is 0.316 e. The highest BCUT2D eigenvalue weighted by atomic mass is 16.5. The Labute approximate surface area is 162 Å². The van der Waals surface area contributed by atoms with Crippen LogP contribution in [0.1, 0.15) is 51.2 Å². The summed E-state index contributed by atoms with van der Waals surface area (Å²) in [7, 11) is 0. The minimum absolute atomic E-state index is 0.00751. The van der Waals surface area contributed by atoms with E-state index in [1.54, 1.807) is 0 Å². The maximum absolute atomic E-state index is 11.9. The van der Waals surface area contributed by atoms with Crippen molar-refractivity contribution in [1.29, 1.82) is 0 Å². The Kier molecular flexibility index (Phi) is 5.69. The standard InChI is InChI=1S/C24H28O3/c1-23(2,3)22(25)27-18-17-26-21-15-10-16-24(21,19-11-6-4-7-12-19)20-13-8-5-9-14-20/h4-9,11-14,17-18,21H,10,15-16H2,1-3H3/b18-17+. The fraction of sp³-hybridized carbons (Fsp3) is 0.375. The molecule has 0 aromatic heterocycles. The Balaban J connectivity index is 1.84. The molecule has 0 heterocycles. The van der Waals surface area contributed by atoms with Crippen molar-refractivity contribution >= 4 is 5.97 Å². The highest BCUT2D eigenvalue weighted by molar-refractivity contribution is 5.75. The van der Waals surface area contributed by atoms with Crippen molar-refractivity contribution in [3.8, 4) is 0 Å². The van der Waals surface area contributed by atoms with Gasteiger partial charge in [0.25, 0.3) is 0 Å². The first-order valence-corrected chi connectivity index (χ1v) is 9.57. The largest absolute Gasteiger partial charge is 0.494 e. The van der Waals surface area contributed by atoms with E-state index in [4.69, 9.17) is 9.47 Å². The van der Waals surface area contributed by atoms with Gasteiger partial charge < -0.3 is 9.47 Å². The summed E-state index contributed by atoms with van der Waals surface area (Å²) in [5.74, 6) is -0.272. The Morgan fingerprint density at radius 3 is 2.04 bits per heavy atom. The molecule has 2 aromatic carbocycles. The topological polar surface area (TPSA) is 35.5 Å². The summed E-state index contributed by atoms with van der Waals surface area (Å²) in [6, 6.07) is 21.1. The minimum atomic E-state index is -0.532. The van der Waals surface area contributed by atoms with Gasteiger partial charge in [-0.05, 0) is 51.2 Å². The van der Waals surface area contributed by atoms with Crippen LogP contribution in [0, 0.1) is 5.41 Å². The first-order chi connectivity index (χ1) is 12.9. The van der Waals surface area contributed by atoms with Gasteiger partial charge >= 0.3 is 5.97 Å². The average Bonchev–Trinajstić information content (AvgIpc) is 3.10. The number of hydrogen-bond acceptors (Lipinski definition) is 3. The zero-order valence-electron chi connectivity index (χ0n) is 16.4. The van der Waals surface area contributed by atoms with E-state index in [2.05, 4.69) is 48.5 Å². The molecule has 0 radical (unpaired) electrons. The number of ether oxygens (including phenoxy) is 2. The summed E-state index contributed by atoms with van der Waals surface area (Å²) in [6.45, 7) is 5.49. The quantitative estimate of drug-likeness (QED) is 0.511. The summed E-state index contributed by atoms with van der Waals surface area (Å²) in [6.07, 6.45) is 5.96. The molecule has 0 bridgehead atoms. The van der Waals surface area contributed by atoms with Crippen molar-refractivity contribution in [2.45, 2.75) is 51.6 Å². The smallest absolute Gasteiger partial charge is 0.316 e. The van der Waals surface area contributed by atoms with Gasteiger partial charge in [0, 0.05) is 0 Å². The van der Waals surface area contributed by atoms with Gasteiger partial charge in [0.1, 0.15) is 18.6 Å². The third-order valence-corrected chi connectivity index (χ3v) is 5.25. The average molecular weight is 364 g/mol. The Morgan fingerprint density at radius 2 is 1.52 bits per heavy atom. The Morgan fingerprint density at radius 1 is 0.963 bits per heavy atom. The van der Waals surface area contributed by atoms with E-state index in [0.717, 1.165) is 19.3 Å². The van der Waals surface area contributed by atoms with Crippen LogP contribution in [0.15, 0.2) is 73.2 Å². The van der Waals surface area contributed by atoms with Crippen molar-refractivity contribution in [2.75, 3.05) is 0 Å². The van der Waals surface area contributed by atoms with E-state index >= 15 is 0 Å². The molecule has 0 spiro atoms. The molecule has 3 nitrogen and oxygen atoms in total. The zero-order chi connectivity index (χ0) is 19.3. The monoisotopic (exact) mass is 364 g/mol. The number of hydrogen-bond donors (Lipinski definition) is 0. The van der Waals surface area contributed by atoms with Gasteiger partial charge in [-0.1, -0.05) is 60.7 Å². The Hall–Kier alpha value is -2.55. The predicted octanol–water partition coefficient (Wildman–Crippen LogP) is 5.60. The molecule has 0 aliphatic heterocycles. The van der Waals surface area contributed by atoms with Gasteiger partial charge in [-0.25, -0.2) is 0 Å². The van der Waals surface area contributed by atoms with Crippen LogP contribution in [0.4, 0.5) is 0 Å². The molecule has 1 unspecified atom stereocenters. The van der Waals surface area contributed by atoms with E-state index in [-0.39, 0.29) is 17.5 Å². The number of carbonyl (C=O) groups is 1. The molecule has 1 aliphatic rings. The fourth-order valence-electron chi connectivity index (χ4n) is 3.85. The normalized spacial score (nSPS) is 19.1. The van der Waals surface area contributed by atoms with E-state index in [0.29, 0.717) is 0 Å². The summed E-state index contributed by atoms with van der Waals surface area (Å²) >= 11 is 0. The summed E-state index contributed by atoms with van der Waals surface area (Å²) < 4.78 is 11.3. The van der Waals surface area contributed by atoms with Crippen LogP contribution in [0.3, 0.4) is 0 Å². The van der Waals surface area contributed by atoms with Crippen LogP contribution in [0.2, 0.25) is 0 Å². The van der Waals surface area contributed by atoms with Crippen molar-refractivity contribution in [3.05, 3.63) is 84.3 Å². The third-order valence-electron chi connectivity index (χ3n) is 5.25. The van der Waals surface area contributed by atoms with Gasteiger partial charge in [-0.3, -0.25) is 4.79 Å². The molecule has 0 saturated heterocycles. The number of benzene rings is 2. The van der Waals surface area contributed by atoms with Crippen molar-refractivity contribution in [1.82, 2.24) is 0 Å². The first-order valence-electron chi connectivity index (χ1n) is 9.57. The lowest BCUT2D eigenvalue weighted by Crippen LogP contribution is -2.37. The van der Waals surface area contributed by atoms with Gasteiger partial charge in [-0.2, -0.15) is 0 Å². The zero-order valence-corrected chi connectivity index (χ0v) is 16.4. The summed E-state index contributed by atoms with van der Waals surface area (Å²) in [4.78, 5) is 11.9. The van der Waals surface area contributed by atoms with E-state index in [1.165, 1.54) is 23.7 Å². The van der Waals surface area contributed by atoms with Crippen LogP contribution >= 0.6 is 0 Å². The molecule has 1 atom stereocenters. The van der Waals surface area contributed by atoms with Gasteiger partial charge in [0.05, 0.1) is 10.8 Å². The Bertz CT molecular complexity index is 733. The molecule has 2 aromatic rings. The minimum Gasteiger partial charge on any atom is -0.494 e. The van der Waals surface area contributed by atoms with Crippen LogP contribution in [0.5, 0.6) is 0 Å². The van der Waals surface area contributed by atoms with Gasteiger partial charge in [-0.15, -0.1) is 0 Å². The summed E-state index contributed by atoms with van der Waals surface area (Å²) in [5, 5.41) is 0. The van der Waals surface area contributed by atoms with Gasteiger partial charge in [0.15, 0.2) is 0 Å². The second-order valence-electron chi connectivity index (χ2n) is 8.15. The van der Waals surface area contributed by atoms with Crippen molar-refractivity contribution in [2.24, 2.45) is 5.41 Å². The lowest BCUT2D eigenvalue weighted by molar-refractivity contribution is -0.147. The molecule has 0 amide bonds. The molecular formula is C24H28O3. The number of rotatable bonds is 5. The van der Waals surface area contributed by atoms with Crippen LogP contribution < -0.4 is 0 Å². The van der Waals surface area contributed by atoms with E-state index < -0.39 is 5.41 Å². The SMILES string of the molecule is CC(C)(C)C(=O)O/C=C/OC1CCCC1(c1ccccc1)c1ccccc1. The molecule has 3 rings (SSSR count). The first kappa shape index (κ1) is 19.2. The fourth-order valence-corrected chi connectivity index (χ4v) is 3.85. The molecule has 1 saturated carbocycles. The molecule has 27 heavy (non-hydrogen) atoms. The van der Waals surface area contributed by atoms with Gasteiger partial charge in [0.2, 0.25) is 0 Å². The summed E-state index contributed by atoms with van der Waals surface area (Å²) in [5.41, 5.74) is 1.80. The third kappa shape index (κ3) is 4.08. The van der Waals surface area contributed by atoms with Crippen LogP contribution in [-0.2, 0) is 19.7 Å². The van der Waals surface area contributed by atoms with E-state index in [1.807, 2.05) is 32.9 Å². The van der Waals surface area contributed by atoms with Crippen LogP contribution in [-0.4, -0.2) is 12.1 Å². The number of esters is 1. The highest BCUT2D eigenvalue weighted by Crippen LogP contribution is 2.48. The molecule has 1 fully saturated rings. The van der Waals surface area contributed by atoms with Crippen LogP contribution in [0.25, 0.3) is 0 Å². The second-order valence-corrected chi connectivity index (χ2v) is 8.15. The van der Waals surface area contributed by atoms with E-state index in [9.17, 15) is 4.79 Å². The molecule has 0 N–H and O–H groups in total. The molecule has 1 aliphatic carbocycles. The lowest BCUT2D eigenvalue weighted by Gasteiger charge is -2.36. The second kappa shape index (κ2) is 7.99.